The summed E-state index contributed by atoms with van der Waals surface area (Å²) in [5, 5.41) is 11.7. The van der Waals surface area contributed by atoms with E-state index in [0.29, 0.717) is 24.5 Å². The second kappa shape index (κ2) is 12.6. The SMILES string of the molecule is O=C(NC1CCCCC1)[C@@H](c1ccc(N2CCOCC2)cc1)N(Cc1ccco1)C(=O)Cn1nnc2ccccc21. The lowest BCUT2D eigenvalue weighted by atomic mass is 9.94. The fourth-order valence-corrected chi connectivity index (χ4v) is 5.84. The van der Waals surface area contributed by atoms with Crippen molar-refractivity contribution in [1.82, 2.24) is 25.2 Å². The summed E-state index contributed by atoms with van der Waals surface area (Å²) < 4.78 is 12.7. The molecular formula is C31H36N6O4. The second-order valence-corrected chi connectivity index (χ2v) is 10.8. The van der Waals surface area contributed by atoms with Crippen LogP contribution in [0.3, 0.4) is 0 Å². The van der Waals surface area contributed by atoms with Gasteiger partial charge in [0, 0.05) is 24.8 Å². The number of furan rings is 1. The van der Waals surface area contributed by atoms with Gasteiger partial charge in [0.05, 0.1) is 31.5 Å². The Morgan fingerprint density at radius 3 is 2.51 bits per heavy atom. The van der Waals surface area contributed by atoms with Crippen LogP contribution in [0.4, 0.5) is 5.69 Å². The van der Waals surface area contributed by atoms with Crippen LogP contribution < -0.4 is 10.2 Å². The van der Waals surface area contributed by atoms with Crippen LogP contribution in [0.25, 0.3) is 11.0 Å². The monoisotopic (exact) mass is 556 g/mol. The quantitative estimate of drug-likeness (QED) is 0.331. The van der Waals surface area contributed by atoms with Gasteiger partial charge in [0.15, 0.2) is 0 Å². The number of hydrogen-bond acceptors (Lipinski definition) is 7. The zero-order valence-corrected chi connectivity index (χ0v) is 23.2. The molecule has 10 heteroatoms. The Morgan fingerprint density at radius 1 is 0.976 bits per heavy atom. The van der Waals surface area contributed by atoms with Crippen LogP contribution in [-0.2, 0) is 27.4 Å². The van der Waals surface area contributed by atoms with Crippen molar-refractivity contribution in [3.8, 4) is 0 Å². The van der Waals surface area contributed by atoms with Gasteiger partial charge < -0.3 is 24.3 Å². The number of para-hydroxylation sites is 1. The van der Waals surface area contributed by atoms with E-state index in [1.165, 1.54) is 6.42 Å². The summed E-state index contributed by atoms with van der Waals surface area (Å²) >= 11 is 0. The van der Waals surface area contributed by atoms with Gasteiger partial charge in [-0.05, 0) is 54.8 Å². The number of benzene rings is 2. The molecule has 1 saturated heterocycles. The number of fused-ring (bicyclic) bond motifs is 1. The third-order valence-corrected chi connectivity index (χ3v) is 8.03. The van der Waals surface area contributed by atoms with Crippen LogP contribution in [0.2, 0.25) is 0 Å². The Morgan fingerprint density at radius 2 is 1.76 bits per heavy atom. The molecule has 0 radical (unpaired) electrons. The lowest BCUT2D eigenvalue weighted by molar-refractivity contribution is -0.142. The van der Waals surface area contributed by atoms with Gasteiger partial charge in [0.2, 0.25) is 11.8 Å². The Balaban J connectivity index is 1.33. The lowest BCUT2D eigenvalue weighted by Crippen LogP contribution is -2.47. The summed E-state index contributed by atoms with van der Waals surface area (Å²) in [4.78, 5) is 32.1. The number of carbonyl (C=O) groups is 2. The van der Waals surface area contributed by atoms with Gasteiger partial charge in [-0.15, -0.1) is 5.10 Å². The number of anilines is 1. The molecule has 1 N–H and O–H groups in total. The van der Waals surface area contributed by atoms with E-state index in [2.05, 4.69) is 20.5 Å². The number of morpholine rings is 1. The van der Waals surface area contributed by atoms with Crippen LogP contribution in [-0.4, -0.2) is 64.1 Å². The molecule has 2 aliphatic rings. The maximum Gasteiger partial charge on any atom is 0.247 e. The van der Waals surface area contributed by atoms with Crippen molar-refractivity contribution in [2.24, 2.45) is 0 Å². The number of rotatable bonds is 9. The summed E-state index contributed by atoms with van der Waals surface area (Å²) in [6.07, 6.45) is 6.86. The molecule has 2 aromatic heterocycles. The fraction of sp³-hybridized carbons (Fsp3) is 0.419. The molecule has 2 fully saturated rings. The molecule has 2 aromatic carbocycles. The van der Waals surface area contributed by atoms with Crippen molar-refractivity contribution in [3.05, 3.63) is 78.3 Å². The molecule has 6 rings (SSSR count). The van der Waals surface area contributed by atoms with Crippen LogP contribution in [0.1, 0.15) is 49.5 Å². The normalized spacial score (nSPS) is 16.9. The minimum absolute atomic E-state index is 0.0553. The maximum absolute atomic E-state index is 14.1. The molecule has 0 spiro atoms. The fourth-order valence-electron chi connectivity index (χ4n) is 5.84. The summed E-state index contributed by atoms with van der Waals surface area (Å²) in [7, 11) is 0. The third-order valence-electron chi connectivity index (χ3n) is 8.03. The average Bonchev–Trinajstić information content (AvgIpc) is 3.68. The molecule has 1 saturated carbocycles. The summed E-state index contributed by atoms with van der Waals surface area (Å²) in [5.74, 6) is 0.166. The van der Waals surface area contributed by atoms with Crippen molar-refractivity contribution >= 4 is 28.5 Å². The average molecular weight is 557 g/mol. The molecular weight excluding hydrogens is 520 g/mol. The van der Waals surface area contributed by atoms with Crippen molar-refractivity contribution in [1.29, 1.82) is 0 Å². The highest BCUT2D eigenvalue weighted by Crippen LogP contribution is 2.28. The smallest absolute Gasteiger partial charge is 0.247 e. The van der Waals surface area contributed by atoms with Crippen molar-refractivity contribution in [2.45, 2.75) is 57.3 Å². The summed E-state index contributed by atoms with van der Waals surface area (Å²) in [5.41, 5.74) is 3.29. The van der Waals surface area contributed by atoms with E-state index < -0.39 is 6.04 Å². The highest BCUT2D eigenvalue weighted by atomic mass is 16.5. The zero-order chi connectivity index (χ0) is 28.0. The van der Waals surface area contributed by atoms with E-state index in [0.717, 1.165) is 55.5 Å². The number of nitrogens with zero attached hydrogens (tertiary/aromatic N) is 5. The van der Waals surface area contributed by atoms with Crippen molar-refractivity contribution < 1.29 is 18.7 Å². The minimum atomic E-state index is -0.844. The van der Waals surface area contributed by atoms with Crippen molar-refractivity contribution in [3.63, 3.8) is 0 Å². The number of nitrogens with one attached hydrogen (secondary N) is 1. The first-order valence-electron chi connectivity index (χ1n) is 14.5. The van der Waals surface area contributed by atoms with Crippen LogP contribution in [0, 0.1) is 0 Å². The third kappa shape index (κ3) is 6.27. The van der Waals surface area contributed by atoms with Crippen LogP contribution in [0.15, 0.2) is 71.3 Å². The number of amides is 2. The first-order chi connectivity index (χ1) is 20.2. The molecule has 1 aliphatic heterocycles. The van der Waals surface area contributed by atoms with E-state index in [9.17, 15) is 9.59 Å². The lowest BCUT2D eigenvalue weighted by Gasteiger charge is -2.33. The molecule has 214 valence electrons. The predicted molar refractivity (Wildman–Crippen MR) is 154 cm³/mol. The summed E-state index contributed by atoms with van der Waals surface area (Å²) in [6.45, 7) is 3.11. The van der Waals surface area contributed by atoms with Crippen LogP contribution >= 0.6 is 0 Å². The molecule has 2 amide bonds. The highest BCUT2D eigenvalue weighted by Gasteiger charge is 2.34. The second-order valence-electron chi connectivity index (χ2n) is 10.8. The Labute approximate surface area is 239 Å². The zero-order valence-electron chi connectivity index (χ0n) is 23.2. The maximum atomic E-state index is 14.1. The molecule has 1 aliphatic carbocycles. The van der Waals surface area contributed by atoms with Crippen molar-refractivity contribution in [2.75, 3.05) is 31.2 Å². The molecule has 4 aromatic rings. The molecule has 0 unspecified atom stereocenters. The first kappa shape index (κ1) is 27.0. The van der Waals surface area contributed by atoms with Gasteiger partial charge in [0.25, 0.3) is 0 Å². The van der Waals surface area contributed by atoms with E-state index in [1.807, 2.05) is 54.6 Å². The van der Waals surface area contributed by atoms with Gasteiger partial charge in [-0.2, -0.15) is 0 Å². The molecule has 1 atom stereocenters. The molecule has 10 nitrogen and oxygen atoms in total. The van der Waals surface area contributed by atoms with Gasteiger partial charge in [-0.3, -0.25) is 9.59 Å². The first-order valence-corrected chi connectivity index (χ1v) is 14.5. The number of ether oxygens (including phenoxy) is 1. The van der Waals surface area contributed by atoms with Gasteiger partial charge in [0.1, 0.15) is 23.9 Å². The number of aromatic nitrogens is 3. The standard InChI is InChI=1S/C31H36N6O4/c38-29(22-37-28-11-5-4-10-27(28)33-34-37)36(21-26-9-6-18-41-26)30(31(39)32-24-7-2-1-3-8-24)23-12-14-25(15-13-23)35-16-19-40-20-17-35/h4-6,9-15,18,24,30H,1-3,7-8,16-17,19-22H2,(H,32,39)/t30-/m1/s1. The van der Waals surface area contributed by atoms with E-state index in [1.54, 1.807) is 21.9 Å². The van der Waals surface area contributed by atoms with Crippen LogP contribution in [0.5, 0.6) is 0 Å². The number of carbonyl (C=O) groups excluding carboxylic acids is 2. The van der Waals surface area contributed by atoms with Gasteiger partial charge in [-0.1, -0.05) is 48.7 Å². The topological polar surface area (TPSA) is 106 Å². The molecule has 0 bridgehead atoms. The Kier molecular flexibility index (Phi) is 8.27. The highest BCUT2D eigenvalue weighted by molar-refractivity contribution is 5.89. The predicted octanol–water partition coefficient (Wildman–Crippen LogP) is 4.08. The van der Waals surface area contributed by atoms with E-state index >= 15 is 0 Å². The molecule has 41 heavy (non-hydrogen) atoms. The van der Waals surface area contributed by atoms with E-state index in [4.69, 9.17) is 9.15 Å². The number of hydrogen-bond donors (Lipinski definition) is 1. The summed E-state index contributed by atoms with van der Waals surface area (Å²) in [6, 6.07) is 18.4. The Bertz CT molecular complexity index is 1440. The minimum Gasteiger partial charge on any atom is -0.467 e. The van der Waals surface area contributed by atoms with Gasteiger partial charge in [-0.25, -0.2) is 4.68 Å². The molecule has 3 heterocycles. The van der Waals surface area contributed by atoms with Gasteiger partial charge >= 0.3 is 0 Å². The largest absolute Gasteiger partial charge is 0.467 e. The van der Waals surface area contributed by atoms with E-state index in [-0.39, 0.29) is 30.9 Å². The Hall–Kier alpha value is -4.18.